The average Bonchev–Trinajstić information content (AvgIpc) is 3.47. The normalized spacial score (nSPS) is 11.7. The summed E-state index contributed by atoms with van der Waals surface area (Å²) < 4.78 is 34.0. The molecule has 0 N–H and O–H groups in total. The standard InChI is InChI=1S/C25H20N2O3S2/c1-17-7-9-20(10-8-17)32(28,29)27-15-23(21-5-3-4-6-24(21)30-2)22-13-19(14-26-25(22)27)18-11-12-31-16-18/h3-16H,1-2H3. The quantitative estimate of drug-likeness (QED) is 0.323. The van der Waals surface area contributed by atoms with E-state index in [-0.39, 0.29) is 4.90 Å². The Morgan fingerprint density at radius 3 is 2.47 bits per heavy atom. The molecular weight excluding hydrogens is 440 g/mol. The number of pyridine rings is 1. The molecule has 160 valence electrons. The molecule has 0 unspecified atom stereocenters. The first-order valence-electron chi connectivity index (χ1n) is 9.98. The Kier molecular flexibility index (Phi) is 5.07. The van der Waals surface area contributed by atoms with Gasteiger partial charge < -0.3 is 4.74 Å². The van der Waals surface area contributed by atoms with Crippen LogP contribution in [0.2, 0.25) is 0 Å². The zero-order chi connectivity index (χ0) is 22.3. The Hall–Kier alpha value is -3.42. The topological polar surface area (TPSA) is 61.2 Å². The van der Waals surface area contributed by atoms with E-state index >= 15 is 0 Å². The number of benzene rings is 2. The second-order valence-electron chi connectivity index (χ2n) is 7.46. The van der Waals surface area contributed by atoms with Crippen LogP contribution in [0.4, 0.5) is 0 Å². The van der Waals surface area contributed by atoms with E-state index in [2.05, 4.69) is 4.98 Å². The van der Waals surface area contributed by atoms with Crippen molar-refractivity contribution in [2.24, 2.45) is 0 Å². The first kappa shape index (κ1) is 20.5. The van der Waals surface area contributed by atoms with Gasteiger partial charge in [-0.15, -0.1) is 0 Å². The highest BCUT2D eigenvalue weighted by Crippen LogP contribution is 2.38. The van der Waals surface area contributed by atoms with Gasteiger partial charge >= 0.3 is 0 Å². The summed E-state index contributed by atoms with van der Waals surface area (Å²) in [5.74, 6) is 0.667. The number of thiophene rings is 1. The maximum Gasteiger partial charge on any atom is 0.269 e. The van der Waals surface area contributed by atoms with Crippen LogP contribution in [-0.2, 0) is 10.0 Å². The van der Waals surface area contributed by atoms with E-state index in [1.165, 1.54) is 3.97 Å². The minimum absolute atomic E-state index is 0.218. The van der Waals surface area contributed by atoms with Gasteiger partial charge in [0.25, 0.3) is 10.0 Å². The molecule has 0 atom stereocenters. The molecule has 5 aromatic rings. The highest BCUT2D eigenvalue weighted by Gasteiger charge is 2.24. The lowest BCUT2D eigenvalue weighted by molar-refractivity contribution is 0.416. The third-order valence-corrected chi connectivity index (χ3v) is 7.79. The summed E-state index contributed by atoms with van der Waals surface area (Å²) in [5.41, 5.74) is 4.91. The van der Waals surface area contributed by atoms with Crippen molar-refractivity contribution in [2.45, 2.75) is 11.8 Å². The monoisotopic (exact) mass is 460 g/mol. The maximum absolute atomic E-state index is 13.6. The third kappa shape index (κ3) is 3.39. The minimum Gasteiger partial charge on any atom is -0.496 e. The highest BCUT2D eigenvalue weighted by atomic mass is 32.2. The van der Waals surface area contributed by atoms with Crippen LogP contribution < -0.4 is 4.74 Å². The van der Waals surface area contributed by atoms with Crippen molar-refractivity contribution in [2.75, 3.05) is 7.11 Å². The van der Waals surface area contributed by atoms with Crippen LogP contribution in [0.3, 0.4) is 0 Å². The number of methoxy groups -OCH3 is 1. The summed E-state index contributed by atoms with van der Waals surface area (Å²) in [4.78, 5) is 4.81. The van der Waals surface area contributed by atoms with Crippen LogP contribution in [-0.4, -0.2) is 24.5 Å². The molecule has 3 aromatic heterocycles. The first-order valence-corrected chi connectivity index (χ1v) is 12.4. The van der Waals surface area contributed by atoms with Gasteiger partial charge in [0, 0.05) is 34.5 Å². The number of aryl methyl sites for hydroxylation is 1. The number of ether oxygens (including phenoxy) is 1. The van der Waals surface area contributed by atoms with E-state index < -0.39 is 10.0 Å². The summed E-state index contributed by atoms with van der Waals surface area (Å²) in [5, 5.41) is 4.80. The van der Waals surface area contributed by atoms with Gasteiger partial charge in [0.15, 0.2) is 5.65 Å². The lowest BCUT2D eigenvalue weighted by Gasteiger charge is -2.07. The molecule has 0 bridgehead atoms. The molecule has 0 saturated carbocycles. The number of nitrogens with zero attached hydrogens (tertiary/aromatic N) is 2. The largest absolute Gasteiger partial charge is 0.496 e. The molecule has 7 heteroatoms. The van der Waals surface area contributed by atoms with Crippen LogP contribution in [0.1, 0.15) is 5.56 Å². The van der Waals surface area contributed by atoms with Gasteiger partial charge in [-0.1, -0.05) is 35.9 Å². The Morgan fingerprint density at radius 2 is 1.75 bits per heavy atom. The molecule has 5 rings (SSSR count). The molecule has 0 aliphatic rings. The number of hydrogen-bond acceptors (Lipinski definition) is 5. The Labute approximate surface area is 190 Å². The summed E-state index contributed by atoms with van der Waals surface area (Å²) in [7, 11) is -2.23. The lowest BCUT2D eigenvalue weighted by Crippen LogP contribution is -2.12. The molecule has 2 aromatic carbocycles. The Morgan fingerprint density at radius 1 is 0.969 bits per heavy atom. The molecular formula is C25H20N2O3S2. The van der Waals surface area contributed by atoms with Crippen molar-refractivity contribution in [3.8, 4) is 28.0 Å². The van der Waals surface area contributed by atoms with Gasteiger partial charge in [-0.2, -0.15) is 11.3 Å². The zero-order valence-corrected chi connectivity index (χ0v) is 19.2. The Balaban J connectivity index is 1.80. The first-order chi connectivity index (χ1) is 15.5. The van der Waals surface area contributed by atoms with E-state index in [1.807, 2.05) is 54.1 Å². The fourth-order valence-electron chi connectivity index (χ4n) is 3.75. The van der Waals surface area contributed by atoms with Crippen LogP contribution >= 0.6 is 11.3 Å². The average molecular weight is 461 g/mol. The number of para-hydroxylation sites is 1. The maximum atomic E-state index is 13.6. The third-order valence-electron chi connectivity index (χ3n) is 5.44. The summed E-state index contributed by atoms with van der Waals surface area (Å²) >= 11 is 1.61. The van der Waals surface area contributed by atoms with Gasteiger partial charge in [-0.3, -0.25) is 0 Å². The minimum atomic E-state index is -3.84. The molecule has 32 heavy (non-hydrogen) atoms. The van der Waals surface area contributed by atoms with Crippen molar-refractivity contribution >= 4 is 32.4 Å². The van der Waals surface area contributed by atoms with Gasteiger partial charge in [0.1, 0.15) is 5.75 Å². The smallest absolute Gasteiger partial charge is 0.269 e. The molecule has 0 saturated heterocycles. The summed E-state index contributed by atoms with van der Waals surface area (Å²) in [6.45, 7) is 1.93. The zero-order valence-electron chi connectivity index (χ0n) is 17.5. The molecule has 5 nitrogen and oxygen atoms in total. The molecule has 0 aliphatic carbocycles. The highest BCUT2D eigenvalue weighted by molar-refractivity contribution is 7.90. The number of aromatic nitrogens is 2. The van der Waals surface area contributed by atoms with E-state index in [1.54, 1.807) is 55.1 Å². The number of hydrogen-bond donors (Lipinski definition) is 0. The van der Waals surface area contributed by atoms with Crippen molar-refractivity contribution in [3.05, 3.63) is 89.4 Å². The molecule has 0 spiro atoms. The van der Waals surface area contributed by atoms with E-state index in [0.717, 1.165) is 33.2 Å². The molecule has 0 fully saturated rings. The van der Waals surface area contributed by atoms with Crippen molar-refractivity contribution in [1.82, 2.24) is 8.96 Å². The molecule has 3 heterocycles. The van der Waals surface area contributed by atoms with Crippen LogP contribution in [0.5, 0.6) is 5.75 Å². The van der Waals surface area contributed by atoms with Crippen molar-refractivity contribution in [1.29, 1.82) is 0 Å². The number of fused-ring (bicyclic) bond motifs is 1. The van der Waals surface area contributed by atoms with E-state index in [4.69, 9.17) is 4.74 Å². The molecule has 0 radical (unpaired) electrons. The fourth-order valence-corrected chi connectivity index (χ4v) is 5.74. The van der Waals surface area contributed by atoms with Crippen LogP contribution in [0.15, 0.2) is 88.7 Å². The van der Waals surface area contributed by atoms with Gasteiger partial charge in [-0.25, -0.2) is 17.4 Å². The number of rotatable bonds is 5. The van der Waals surface area contributed by atoms with Crippen LogP contribution in [0, 0.1) is 6.92 Å². The summed E-state index contributed by atoms with van der Waals surface area (Å²) in [6.07, 6.45) is 3.36. The molecule has 0 aliphatic heterocycles. The Bertz CT molecular complexity index is 1520. The van der Waals surface area contributed by atoms with E-state index in [9.17, 15) is 8.42 Å². The van der Waals surface area contributed by atoms with Crippen LogP contribution in [0.25, 0.3) is 33.3 Å². The van der Waals surface area contributed by atoms with Crippen molar-refractivity contribution < 1.29 is 13.2 Å². The van der Waals surface area contributed by atoms with Gasteiger partial charge in [0.05, 0.1) is 12.0 Å². The molecule has 0 amide bonds. The van der Waals surface area contributed by atoms with E-state index in [0.29, 0.717) is 11.4 Å². The van der Waals surface area contributed by atoms with Crippen molar-refractivity contribution in [3.63, 3.8) is 0 Å². The lowest BCUT2D eigenvalue weighted by atomic mass is 10.0. The fraction of sp³-hybridized carbons (Fsp3) is 0.0800. The predicted octanol–water partition coefficient (Wildman–Crippen LogP) is 5.99. The SMILES string of the molecule is COc1ccccc1-c1cn(S(=O)(=O)c2ccc(C)cc2)c2ncc(-c3ccsc3)cc12. The second-order valence-corrected chi connectivity index (χ2v) is 10.1. The predicted molar refractivity (Wildman–Crippen MR) is 129 cm³/mol. The summed E-state index contributed by atoms with van der Waals surface area (Å²) in [6, 6.07) is 18.4. The van der Waals surface area contributed by atoms with Gasteiger partial charge in [-0.05, 0) is 53.6 Å². The second kappa shape index (κ2) is 7.93. The van der Waals surface area contributed by atoms with Gasteiger partial charge in [0.2, 0.25) is 0 Å².